The summed E-state index contributed by atoms with van der Waals surface area (Å²) >= 11 is 0. The number of nitrogens with one attached hydrogen (secondary N) is 2. The smallest absolute Gasteiger partial charge is 0.262 e. The number of amides is 1. The van der Waals surface area contributed by atoms with Crippen molar-refractivity contribution in [2.45, 2.75) is 17.7 Å². The van der Waals surface area contributed by atoms with Crippen molar-refractivity contribution in [3.05, 3.63) is 84.1 Å². The number of para-hydroxylation sites is 1. The monoisotopic (exact) mass is 402 g/mol. The van der Waals surface area contributed by atoms with E-state index >= 15 is 0 Å². The Hall–Kier alpha value is -3.13. The molecule has 1 amide bonds. The number of sulfonamides is 1. The number of rotatable bonds is 8. The van der Waals surface area contributed by atoms with Gasteiger partial charge in [0.2, 0.25) is 0 Å². The minimum absolute atomic E-state index is 0.126. The van der Waals surface area contributed by atoms with Crippen molar-refractivity contribution in [1.82, 2.24) is 5.32 Å². The Balaban J connectivity index is 1.63. The standard InChI is InChI=1S/C20H19FN2O4S/c21-18-10-1-2-11-19(18)23-28(25,26)17-9-3-6-15(14-17)20(24)22-12-4-7-16-8-5-13-27-16/h1-3,5-6,8-11,13-14,23H,4,7,12H2,(H,22,24). The van der Waals surface area contributed by atoms with Gasteiger partial charge in [0, 0.05) is 18.5 Å². The quantitative estimate of drug-likeness (QED) is 0.564. The van der Waals surface area contributed by atoms with Crippen LogP contribution in [0, 0.1) is 5.82 Å². The number of hydrogen-bond donors (Lipinski definition) is 2. The fourth-order valence-electron chi connectivity index (χ4n) is 2.57. The zero-order valence-corrected chi connectivity index (χ0v) is 15.7. The first-order valence-electron chi connectivity index (χ1n) is 8.64. The number of carbonyl (C=O) groups is 1. The summed E-state index contributed by atoms with van der Waals surface area (Å²) in [5.74, 6) is -0.236. The second-order valence-electron chi connectivity index (χ2n) is 6.05. The summed E-state index contributed by atoms with van der Waals surface area (Å²) in [7, 11) is -4.03. The van der Waals surface area contributed by atoms with Gasteiger partial charge in [-0.05, 0) is 48.9 Å². The van der Waals surface area contributed by atoms with Gasteiger partial charge in [0.05, 0.1) is 16.8 Å². The molecule has 6 nitrogen and oxygen atoms in total. The molecule has 0 aliphatic heterocycles. The molecule has 0 spiro atoms. The summed E-state index contributed by atoms with van der Waals surface area (Å²) < 4.78 is 46.1. The summed E-state index contributed by atoms with van der Waals surface area (Å²) in [6.45, 7) is 0.421. The summed E-state index contributed by atoms with van der Waals surface area (Å²) in [5, 5.41) is 2.74. The van der Waals surface area contributed by atoms with Crippen LogP contribution in [0.5, 0.6) is 0 Å². The molecule has 2 N–H and O–H groups in total. The fraction of sp³-hybridized carbons (Fsp3) is 0.150. The molecule has 28 heavy (non-hydrogen) atoms. The lowest BCUT2D eigenvalue weighted by Crippen LogP contribution is -2.25. The minimum atomic E-state index is -4.03. The second-order valence-corrected chi connectivity index (χ2v) is 7.73. The van der Waals surface area contributed by atoms with Crippen molar-refractivity contribution in [1.29, 1.82) is 0 Å². The predicted molar refractivity (Wildman–Crippen MR) is 103 cm³/mol. The highest BCUT2D eigenvalue weighted by Gasteiger charge is 2.18. The van der Waals surface area contributed by atoms with Gasteiger partial charge >= 0.3 is 0 Å². The first kappa shape index (κ1) is 19.6. The van der Waals surface area contributed by atoms with Crippen LogP contribution in [0.25, 0.3) is 0 Å². The normalized spacial score (nSPS) is 11.2. The lowest BCUT2D eigenvalue weighted by Gasteiger charge is -2.10. The maximum absolute atomic E-state index is 13.7. The summed E-state index contributed by atoms with van der Waals surface area (Å²) in [5.41, 5.74) is 0.0460. The number of benzene rings is 2. The highest BCUT2D eigenvalue weighted by Crippen LogP contribution is 2.19. The van der Waals surface area contributed by atoms with E-state index in [9.17, 15) is 17.6 Å². The first-order valence-corrected chi connectivity index (χ1v) is 10.1. The number of hydrogen-bond acceptors (Lipinski definition) is 4. The third-order valence-corrected chi connectivity index (χ3v) is 5.35. The largest absolute Gasteiger partial charge is 0.469 e. The van der Waals surface area contributed by atoms with Gasteiger partial charge in [-0.25, -0.2) is 12.8 Å². The molecule has 0 saturated carbocycles. The van der Waals surface area contributed by atoms with Crippen LogP contribution in [-0.4, -0.2) is 20.9 Å². The molecule has 0 aliphatic rings. The summed E-state index contributed by atoms with van der Waals surface area (Å²) in [6.07, 6.45) is 2.97. The minimum Gasteiger partial charge on any atom is -0.469 e. The molecule has 0 atom stereocenters. The number of anilines is 1. The van der Waals surface area contributed by atoms with Crippen molar-refractivity contribution in [2.75, 3.05) is 11.3 Å². The van der Waals surface area contributed by atoms with Crippen molar-refractivity contribution >= 4 is 21.6 Å². The van der Waals surface area contributed by atoms with Crippen LogP contribution in [0.4, 0.5) is 10.1 Å². The molecule has 0 radical (unpaired) electrons. The average molecular weight is 402 g/mol. The third kappa shape index (κ3) is 4.98. The number of furan rings is 1. The van der Waals surface area contributed by atoms with Crippen LogP contribution in [0.3, 0.4) is 0 Å². The highest BCUT2D eigenvalue weighted by atomic mass is 32.2. The van der Waals surface area contributed by atoms with E-state index in [-0.39, 0.29) is 22.1 Å². The zero-order valence-electron chi connectivity index (χ0n) is 14.9. The fourth-order valence-corrected chi connectivity index (χ4v) is 3.69. The van der Waals surface area contributed by atoms with Crippen LogP contribution in [0.15, 0.2) is 76.2 Å². The number of halogens is 1. The molecule has 0 fully saturated rings. The third-order valence-electron chi connectivity index (χ3n) is 3.99. The van der Waals surface area contributed by atoms with Gasteiger partial charge in [-0.1, -0.05) is 18.2 Å². The SMILES string of the molecule is O=C(NCCCc1ccco1)c1cccc(S(=O)(=O)Nc2ccccc2F)c1. The Kier molecular flexibility index (Phi) is 6.10. The summed E-state index contributed by atoms with van der Waals surface area (Å²) in [6, 6.07) is 14.7. The highest BCUT2D eigenvalue weighted by molar-refractivity contribution is 7.92. The van der Waals surface area contributed by atoms with E-state index in [0.29, 0.717) is 19.4 Å². The molecule has 3 rings (SSSR count). The molecule has 0 saturated heterocycles. The van der Waals surface area contributed by atoms with E-state index in [1.165, 1.54) is 42.5 Å². The molecule has 2 aromatic carbocycles. The van der Waals surface area contributed by atoms with Gasteiger partial charge in [-0.2, -0.15) is 0 Å². The molecule has 1 aromatic heterocycles. The molecule has 8 heteroatoms. The van der Waals surface area contributed by atoms with Gasteiger partial charge in [-0.3, -0.25) is 9.52 Å². The van der Waals surface area contributed by atoms with Gasteiger partial charge in [0.1, 0.15) is 11.6 Å². The second kappa shape index (κ2) is 8.71. The number of carbonyl (C=O) groups excluding carboxylic acids is 1. The van der Waals surface area contributed by atoms with Crippen molar-refractivity contribution in [3.8, 4) is 0 Å². The van der Waals surface area contributed by atoms with E-state index in [1.54, 1.807) is 12.3 Å². The predicted octanol–water partition coefficient (Wildman–Crippen LogP) is 3.58. The molecule has 0 bridgehead atoms. The zero-order chi connectivity index (χ0) is 20.0. The van der Waals surface area contributed by atoms with E-state index < -0.39 is 15.8 Å². The number of aryl methyl sites for hydroxylation is 1. The molecule has 3 aromatic rings. The Morgan fingerprint density at radius 3 is 2.61 bits per heavy atom. The Morgan fingerprint density at radius 1 is 1.04 bits per heavy atom. The Morgan fingerprint density at radius 2 is 1.86 bits per heavy atom. The van der Waals surface area contributed by atoms with Gasteiger partial charge in [-0.15, -0.1) is 0 Å². The van der Waals surface area contributed by atoms with Crippen LogP contribution in [-0.2, 0) is 16.4 Å². The molecule has 146 valence electrons. The maximum Gasteiger partial charge on any atom is 0.262 e. The first-order chi connectivity index (χ1) is 13.5. The Bertz CT molecular complexity index is 1050. The van der Waals surface area contributed by atoms with Crippen molar-refractivity contribution in [3.63, 3.8) is 0 Å². The van der Waals surface area contributed by atoms with Gasteiger partial charge < -0.3 is 9.73 Å². The van der Waals surface area contributed by atoms with E-state index in [2.05, 4.69) is 10.0 Å². The molecular formula is C20H19FN2O4S. The maximum atomic E-state index is 13.7. The van der Waals surface area contributed by atoms with Crippen molar-refractivity contribution in [2.24, 2.45) is 0 Å². The van der Waals surface area contributed by atoms with Crippen LogP contribution in [0.1, 0.15) is 22.5 Å². The molecule has 0 aliphatic carbocycles. The van der Waals surface area contributed by atoms with E-state index in [4.69, 9.17) is 4.42 Å². The average Bonchev–Trinajstić information content (AvgIpc) is 3.20. The lowest BCUT2D eigenvalue weighted by molar-refractivity contribution is 0.0953. The van der Waals surface area contributed by atoms with Crippen LogP contribution in [0.2, 0.25) is 0 Å². The van der Waals surface area contributed by atoms with Crippen LogP contribution < -0.4 is 10.0 Å². The molecule has 0 unspecified atom stereocenters. The molecular weight excluding hydrogens is 383 g/mol. The van der Waals surface area contributed by atoms with Gasteiger partial charge in [0.15, 0.2) is 0 Å². The van der Waals surface area contributed by atoms with Gasteiger partial charge in [0.25, 0.3) is 15.9 Å². The lowest BCUT2D eigenvalue weighted by atomic mass is 10.2. The van der Waals surface area contributed by atoms with Crippen molar-refractivity contribution < 1.29 is 22.0 Å². The van der Waals surface area contributed by atoms with E-state index in [1.807, 2.05) is 6.07 Å². The van der Waals surface area contributed by atoms with E-state index in [0.717, 1.165) is 11.8 Å². The Labute approximate surface area is 162 Å². The summed E-state index contributed by atoms with van der Waals surface area (Å²) in [4.78, 5) is 12.2. The topological polar surface area (TPSA) is 88.4 Å². The molecule has 1 heterocycles. The van der Waals surface area contributed by atoms with Crippen LogP contribution >= 0.6 is 0 Å².